The molecule has 1 aliphatic rings. The van der Waals surface area contributed by atoms with E-state index in [0.717, 1.165) is 12.1 Å². The fraction of sp³-hybridized carbons (Fsp3) is 0.462. The molecule has 1 unspecified atom stereocenters. The number of ether oxygens (including phenoxy) is 1. The lowest BCUT2D eigenvalue weighted by atomic mass is 10.2. The van der Waals surface area contributed by atoms with Crippen LogP contribution in [0.2, 0.25) is 5.02 Å². The molecule has 1 heterocycles. The van der Waals surface area contributed by atoms with Crippen LogP contribution in [0, 0.1) is 0 Å². The van der Waals surface area contributed by atoms with Gasteiger partial charge in [0.2, 0.25) is 0 Å². The molecule has 0 spiro atoms. The Bertz CT molecular complexity index is 422. The van der Waals surface area contributed by atoms with Crippen molar-refractivity contribution in [3.05, 3.63) is 34.9 Å². The molecule has 2 rings (SSSR count). The Kier molecular flexibility index (Phi) is 3.04. The Labute approximate surface area is 106 Å². The molecule has 1 fully saturated rings. The third-order valence-corrected chi connectivity index (χ3v) is 2.75. The smallest absolute Gasteiger partial charge is 0.410 e. The Morgan fingerprint density at radius 3 is 2.47 bits per heavy atom. The monoisotopic (exact) mass is 253 g/mol. The van der Waals surface area contributed by atoms with Gasteiger partial charge in [-0.2, -0.15) is 0 Å². The standard InChI is InChI=1S/C13H16ClNO2/c1-13(2,3)17-12(16)15-8-11(15)9-4-6-10(14)7-5-9/h4-7,11H,8H2,1-3H3. The fourth-order valence-electron chi connectivity index (χ4n) is 1.63. The molecule has 0 N–H and O–H groups in total. The number of rotatable bonds is 1. The molecule has 4 heteroatoms. The second-order valence-electron chi connectivity index (χ2n) is 5.20. The number of hydrogen-bond donors (Lipinski definition) is 0. The quantitative estimate of drug-likeness (QED) is 0.715. The highest BCUT2D eigenvalue weighted by Gasteiger charge is 2.41. The van der Waals surface area contributed by atoms with Gasteiger partial charge in [0.15, 0.2) is 0 Å². The minimum absolute atomic E-state index is 0.141. The van der Waals surface area contributed by atoms with Gasteiger partial charge in [-0.3, -0.25) is 4.90 Å². The Morgan fingerprint density at radius 1 is 1.35 bits per heavy atom. The Morgan fingerprint density at radius 2 is 1.94 bits per heavy atom. The van der Waals surface area contributed by atoms with Crippen molar-refractivity contribution in [2.45, 2.75) is 32.4 Å². The summed E-state index contributed by atoms with van der Waals surface area (Å²) < 4.78 is 5.30. The molecule has 1 atom stereocenters. The van der Waals surface area contributed by atoms with Crippen LogP contribution in [0.4, 0.5) is 4.79 Å². The van der Waals surface area contributed by atoms with Crippen molar-refractivity contribution in [2.24, 2.45) is 0 Å². The van der Waals surface area contributed by atoms with Crippen LogP contribution >= 0.6 is 11.6 Å². The number of carbonyl (C=O) groups excluding carboxylic acids is 1. The zero-order valence-electron chi connectivity index (χ0n) is 10.2. The van der Waals surface area contributed by atoms with Gasteiger partial charge in [-0.05, 0) is 38.5 Å². The van der Waals surface area contributed by atoms with E-state index in [2.05, 4.69) is 0 Å². The van der Waals surface area contributed by atoms with E-state index in [1.165, 1.54) is 0 Å². The van der Waals surface area contributed by atoms with Gasteiger partial charge in [-0.25, -0.2) is 4.79 Å². The van der Waals surface area contributed by atoms with Gasteiger partial charge in [0.25, 0.3) is 0 Å². The van der Waals surface area contributed by atoms with Crippen LogP contribution in [0.3, 0.4) is 0 Å². The lowest BCUT2D eigenvalue weighted by molar-refractivity contribution is 0.0406. The van der Waals surface area contributed by atoms with Crippen LogP contribution in [-0.2, 0) is 4.74 Å². The number of nitrogens with zero attached hydrogens (tertiary/aromatic N) is 1. The minimum atomic E-state index is -0.440. The zero-order chi connectivity index (χ0) is 12.6. The molecular formula is C13H16ClNO2. The number of amides is 1. The minimum Gasteiger partial charge on any atom is -0.444 e. The van der Waals surface area contributed by atoms with Crippen molar-refractivity contribution in [3.63, 3.8) is 0 Å². The van der Waals surface area contributed by atoms with Crippen LogP contribution in [0.25, 0.3) is 0 Å². The molecule has 92 valence electrons. The van der Waals surface area contributed by atoms with E-state index >= 15 is 0 Å². The lowest BCUT2D eigenvalue weighted by Gasteiger charge is -2.19. The summed E-state index contributed by atoms with van der Waals surface area (Å²) in [5.74, 6) is 0. The number of benzene rings is 1. The van der Waals surface area contributed by atoms with Crippen LogP contribution < -0.4 is 0 Å². The first kappa shape index (κ1) is 12.2. The van der Waals surface area contributed by atoms with Gasteiger partial charge in [0.05, 0.1) is 6.04 Å². The van der Waals surface area contributed by atoms with Crippen molar-refractivity contribution in [1.82, 2.24) is 4.90 Å². The molecule has 1 amide bonds. The summed E-state index contributed by atoms with van der Waals surface area (Å²) in [4.78, 5) is 13.5. The highest BCUT2D eigenvalue weighted by Crippen LogP contribution is 2.36. The van der Waals surface area contributed by atoms with Crippen LogP contribution in [0.1, 0.15) is 32.4 Å². The van der Waals surface area contributed by atoms with Crippen molar-refractivity contribution < 1.29 is 9.53 Å². The molecular weight excluding hydrogens is 238 g/mol. The summed E-state index contributed by atoms with van der Waals surface area (Å²) in [6.45, 7) is 6.32. The highest BCUT2D eigenvalue weighted by atomic mass is 35.5. The van der Waals surface area contributed by atoms with Gasteiger partial charge in [0, 0.05) is 11.6 Å². The van der Waals surface area contributed by atoms with Gasteiger partial charge in [-0.1, -0.05) is 23.7 Å². The molecule has 17 heavy (non-hydrogen) atoms. The molecule has 0 aliphatic carbocycles. The summed E-state index contributed by atoms with van der Waals surface area (Å²) in [7, 11) is 0. The van der Waals surface area contributed by atoms with E-state index in [4.69, 9.17) is 16.3 Å². The Hall–Kier alpha value is -1.22. The number of halogens is 1. The summed E-state index contributed by atoms with van der Waals surface area (Å²) in [6, 6.07) is 7.70. The summed E-state index contributed by atoms with van der Waals surface area (Å²) in [5.41, 5.74) is 0.657. The second kappa shape index (κ2) is 4.22. The van der Waals surface area contributed by atoms with E-state index < -0.39 is 5.60 Å². The average molecular weight is 254 g/mol. The van der Waals surface area contributed by atoms with Crippen LogP contribution in [0.15, 0.2) is 24.3 Å². The van der Waals surface area contributed by atoms with Crippen molar-refractivity contribution in [3.8, 4) is 0 Å². The third-order valence-electron chi connectivity index (χ3n) is 2.50. The maximum atomic E-state index is 11.7. The molecule has 0 radical (unpaired) electrons. The first-order valence-electron chi connectivity index (χ1n) is 5.62. The highest BCUT2D eigenvalue weighted by molar-refractivity contribution is 6.30. The number of carbonyl (C=O) groups is 1. The van der Waals surface area contributed by atoms with E-state index in [1.807, 2.05) is 45.0 Å². The molecule has 0 saturated carbocycles. The van der Waals surface area contributed by atoms with Crippen molar-refractivity contribution in [2.75, 3.05) is 6.54 Å². The molecule has 3 nitrogen and oxygen atoms in total. The molecule has 1 saturated heterocycles. The van der Waals surface area contributed by atoms with Gasteiger partial charge < -0.3 is 4.74 Å². The van der Waals surface area contributed by atoms with E-state index in [-0.39, 0.29) is 12.1 Å². The summed E-state index contributed by atoms with van der Waals surface area (Å²) in [5, 5.41) is 0.707. The van der Waals surface area contributed by atoms with Crippen molar-refractivity contribution in [1.29, 1.82) is 0 Å². The third kappa shape index (κ3) is 3.13. The van der Waals surface area contributed by atoms with Gasteiger partial charge in [0.1, 0.15) is 5.60 Å². The predicted molar refractivity (Wildman–Crippen MR) is 67.1 cm³/mol. The van der Waals surface area contributed by atoms with Gasteiger partial charge in [-0.15, -0.1) is 0 Å². The maximum Gasteiger partial charge on any atom is 0.410 e. The topological polar surface area (TPSA) is 29.3 Å². The van der Waals surface area contributed by atoms with Gasteiger partial charge >= 0.3 is 6.09 Å². The molecule has 0 aromatic heterocycles. The van der Waals surface area contributed by atoms with E-state index in [9.17, 15) is 4.79 Å². The van der Waals surface area contributed by atoms with Crippen molar-refractivity contribution >= 4 is 17.7 Å². The van der Waals surface area contributed by atoms with E-state index in [1.54, 1.807) is 4.90 Å². The fourth-order valence-corrected chi connectivity index (χ4v) is 1.76. The summed E-state index contributed by atoms with van der Waals surface area (Å²) >= 11 is 5.82. The Balaban J connectivity index is 1.96. The molecule has 0 bridgehead atoms. The molecule has 1 aromatic carbocycles. The molecule has 1 aromatic rings. The SMILES string of the molecule is CC(C)(C)OC(=O)N1CC1c1ccc(Cl)cc1. The number of hydrogen-bond acceptors (Lipinski definition) is 2. The largest absolute Gasteiger partial charge is 0.444 e. The first-order valence-corrected chi connectivity index (χ1v) is 6.00. The lowest BCUT2D eigenvalue weighted by Crippen LogP contribution is -2.27. The summed E-state index contributed by atoms with van der Waals surface area (Å²) in [6.07, 6.45) is -0.252. The first-order chi connectivity index (χ1) is 7.87. The molecule has 1 aliphatic heterocycles. The predicted octanol–water partition coefficient (Wildman–Crippen LogP) is 3.63. The van der Waals surface area contributed by atoms with Crippen LogP contribution in [-0.4, -0.2) is 23.1 Å². The van der Waals surface area contributed by atoms with E-state index in [0.29, 0.717) is 5.02 Å². The second-order valence-corrected chi connectivity index (χ2v) is 5.64. The normalized spacial score (nSPS) is 19.1. The van der Waals surface area contributed by atoms with Crippen LogP contribution in [0.5, 0.6) is 0 Å². The zero-order valence-corrected chi connectivity index (χ0v) is 11.0. The maximum absolute atomic E-state index is 11.7. The average Bonchev–Trinajstić information content (AvgIpc) is 2.96.